The van der Waals surface area contributed by atoms with E-state index in [4.69, 9.17) is 0 Å². The number of nitrogens with zero attached hydrogens (tertiary/aromatic N) is 1. The van der Waals surface area contributed by atoms with E-state index in [1.54, 1.807) is 6.07 Å². The second kappa shape index (κ2) is 6.29. The van der Waals surface area contributed by atoms with Gasteiger partial charge in [-0.2, -0.15) is 0 Å². The van der Waals surface area contributed by atoms with Crippen LogP contribution in [0.1, 0.15) is 29.6 Å². The van der Waals surface area contributed by atoms with Gasteiger partial charge in [0.1, 0.15) is 5.82 Å². The Labute approximate surface area is 112 Å². The van der Waals surface area contributed by atoms with Crippen molar-refractivity contribution < 1.29 is 0 Å². The first-order chi connectivity index (χ1) is 9.17. The van der Waals surface area contributed by atoms with Gasteiger partial charge in [-0.05, 0) is 19.0 Å². The standard InChI is InChI=1S/C15H19N3O/c1-3-16-10-13-9-15(19)18-14(17-13)8-12-6-4-5-11(2)7-12/h4-7,9,16H,3,8,10H2,1-2H3,(H,17,18,19). The van der Waals surface area contributed by atoms with Gasteiger partial charge in [-0.25, -0.2) is 4.98 Å². The average Bonchev–Trinajstić information content (AvgIpc) is 2.35. The van der Waals surface area contributed by atoms with Gasteiger partial charge in [0.15, 0.2) is 0 Å². The van der Waals surface area contributed by atoms with Crippen molar-refractivity contribution in [3.05, 3.63) is 63.3 Å². The molecule has 100 valence electrons. The third-order valence-electron chi connectivity index (χ3n) is 2.85. The van der Waals surface area contributed by atoms with E-state index in [0.29, 0.717) is 18.8 Å². The number of aryl methyl sites for hydroxylation is 1. The highest BCUT2D eigenvalue weighted by molar-refractivity contribution is 5.25. The number of rotatable bonds is 5. The molecule has 0 bridgehead atoms. The Morgan fingerprint density at radius 3 is 2.89 bits per heavy atom. The Bertz CT molecular complexity index is 604. The van der Waals surface area contributed by atoms with Crippen molar-refractivity contribution in [2.75, 3.05) is 6.54 Å². The maximum absolute atomic E-state index is 11.6. The summed E-state index contributed by atoms with van der Waals surface area (Å²) in [6, 6.07) is 9.77. The van der Waals surface area contributed by atoms with Crippen molar-refractivity contribution in [2.45, 2.75) is 26.8 Å². The minimum Gasteiger partial charge on any atom is -0.311 e. The van der Waals surface area contributed by atoms with E-state index >= 15 is 0 Å². The molecule has 0 saturated carbocycles. The van der Waals surface area contributed by atoms with Crippen LogP contribution < -0.4 is 10.9 Å². The number of H-pyrrole nitrogens is 1. The first-order valence-corrected chi connectivity index (χ1v) is 6.52. The fraction of sp³-hybridized carbons (Fsp3) is 0.333. The molecule has 0 saturated heterocycles. The molecule has 2 aromatic rings. The Balaban J connectivity index is 2.20. The summed E-state index contributed by atoms with van der Waals surface area (Å²) in [5, 5.41) is 3.18. The van der Waals surface area contributed by atoms with Gasteiger partial charge in [0.2, 0.25) is 0 Å². The second-order valence-electron chi connectivity index (χ2n) is 4.63. The number of hydrogen-bond donors (Lipinski definition) is 2. The molecule has 1 aromatic heterocycles. The smallest absolute Gasteiger partial charge is 0.251 e. The van der Waals surface area contributed by atoms with Crippen molar-refractivity contribution in [3.8, 4) is 0 Å². The zero-order chi connectivity index (χ0) is 13.7. The maximum Gasteiger partial charge on any atom is 0.251 e. The molecule has 2 N–H and O–H groups in total. The molecule has 19 heavy (non-hydrogen) atoms. The maximum atomic E-state index is 11.6. The van der Waals surface area contributed by atoms with Gasteiger partial charge >= 0.3 is 0 Å². The van der Waals surface area contributed by atoms with Crippen LogP contribution in [0.15, 0.2) is 35.1 Å². The molecule has 2 rings (SSSR count). The summed E-state index contributed by atoms with van der Waals surface area (Å²) < 4.78 is 0. The van der Waals surface area contributed by atoms with Crippen molar-refractivity contribution in [1.82, 2.24) is 15.3 Å². The number of nitrogens with one attached hydrogen (secondary N) is 2. The molecule has 0 radical (unpaired) electrons. The van der Waals surface area contributed by atoms with Crippen LogP contribution in [0.5, 0.6) is 0 Å². The summed E-state index contributed by atoms with van der Waals surface area (Å²) in [5.74, 6) is 0.714. The lowest BCUT2D eigenvalue weighted by atomic mass is 10.1. The lowest BCUT2D eigenvalue weighted by Crippen LogP contribution is -2.18. The molecule has 0 amide bonds. The third-order valence-corrected chi connectivity index (χ3v) is 2.85. The highest BCUT2D eigenvalue weighted by Gasteiger charge is 2.03. The summed E-state index contributed by atoms with van der Waals surface area (Å²) in [6.45, 7) is 5.57. The Hall–Kier alpha value is -1.94. The summed E-state index contributed by atoms with van der Waals surface area (Å²) in [4.78, 5) is 18.9. The van der Waals surface area contributed by atoms with Crippen LogP contribution in [0.4, 0.5) is 0 Å². The normalized spacial score (nSPS) is 10.6. The van der Waals surface area contributed by atoms with Gasteiger partial charge in [-0.1, -0.05) is 36.8 Å². The number of hydrogen-bond acceptors (Lipinski definition) is 3. The zero-order valence-electron chi connectivity index (χ0n) is 11.4. The van der Waals surface area contributed by atoms with Gasteiger partial charge in [0.05, 0.1) is 5.69 Å². The van der Waals surface area contributed by atoms with E-state index in [1.165, 1.54) is 5.56 Å². The molecule has 0 aliphatic rings. The number of benzene rings is 1. The SMILES string of the molecule is CCNCc1cc(=O)[nH]c(Cc2cccc(C)c2)n1. The van der Waals surface area contributed by atoms with Crippen LogP contribution >= 0.6 is 0 Å². The molecule has 1 aromatic carbocycles. The van der Waals surface area contributed by atoms with Gasteiger partial charge in [-0.3, -0.25) is 4.79 Å². The fourth-order valence-corrected chi connectivity index (χ4v) is 2.01. The van der Waals surface area contributed by atoms with E-state index in [9.17, 15) is 4.79 Å². The number of aromatic amines is 1. The molecule has 0 aliphatic carbocycles. The average molecular weight is 257 g/mol. The van der Waals surface area contributed by atoms with Crippen LogP contribution in [-0.4, -0.2) is 16.5 Å². The molecule has 1 heterocycles. The lowest BCUT2D eigenvalue weighted by molar-refractivity contribution is 0.700. The molecule has 0 atom stereocenters. The third kappa shape index (κ3) is 4.03. The first kappa shape index (κ1) is 13.5. The molecular weight excluding hydrogens is 238 g/mol. The summed E-state index contributed by atoms with van der Waals surface area (Å²) >= 11 is 0. The predicted molar refractivity (Wildman–Crippen MR) is 76.2 cm³/mol. The van der Waals surface area contributed by atoms with Crippen LogP contribution in [0.2, 0.25) is 0 Å². The Kier molecular flexibility index (Phi) is 4.47. The topological polar surface area (TPSA) is 57.8 Å². The summed E-state index contributed by atoms with van der Waals surface area (Å²) in [6.07, 6.45) is 0.650. The molecule has 4 heteroatoms. The Morgan fingerprint density at radius 2 is 2.16 bits per heavy atom. The number of aromatic nitrogens is 2. The molecular formula is C15H19N3O. The van der Waals surface area contributed by atoms with Crippen LogP contribution in [0.3, 0.4) is 0 Å². The lowest BCUT2D eigenvalue weighted by Gasteiger charge is -2.05. The fourth-order valence-electron chi connectivity index (χ4n) is 2.01. The van der Waals surface area contributed by atoms with Crippen molar-refractivity contribution >= 4 is 0 Å². The second-order valence-corrected chi connectivity index (χ2v) is 4.63. The Morgan fingerprint density at radius 1 is 1.32 bits per heavy atom. The quantitative estimate of drug-likeness (QED) is 0.858. The van der Waals surface area contributed by atoms with Crippen molar-refractivity contribution in [1.29, 1.82) is 0 Å². The molecule has 0 aliphatic heterocycles. The largest absolute Gasteiger partial charge is 0.311 e. The summed E-state index contributed by atoms with van der Waals surface area (Å²) in [7, 11) is 0. The van der Waals surface area contributed by atoms with Gasteiger partial charge in [-0.15, -0.1) is 0 Å². The van der Waals surface area contributed by atoms with E-state index in [-0.39, 0.29) is 5.56 Å². The predicted octanol–water partition coefficient (Wildman–Crippen LogP) is 1.78. The zero-order valence-corrected chi connectivity index (χ0v) is 11.4. The first-order valence-electron chi connectivity index (χ1n) is 6.52. The van der Waals surface area contributed by atoms with Crippen molar-refractivity contribution in [2.24, 2.45) is 0 Å². The van der Waals surface area contributed by atoms with Crippen LogP contribution in [0.25, 0.3) is 0 Å². The van der Waals surface area contributed by atoms with Crippen LogP contribution in [-0.2, 0) is 13.0 Å². The molecule has 4 nitrogen and oxygen atoms in total. The van der Waals surface area contributed by atoms with Gasteiger partial charge < -0.3 is 10.3 Å². The van der Waals surface area contributed by atoms with E-state index in [2.05, 4.69) is 34.3 Å². The monoisotopic (exact) mass is 257 g/mol. The van der Waals surface area contributed by atoms with E-state index in [0.717, 1.165) is 17.8 Å². The van der Waals surface area contributed by atoms with Gasteiger partial charge in [0.25, 0.3) is 5.56 Å². The minimum absolute atomic E-state index is 0.0921. The minimum atomic E-state index is -0.0921. The highest BCUT2D eigenvalue weighted by Crippen LogP contribution is 2.07. The van der Waals surface area contributed by atoms with E-state index in [1.807, 2.05) is 19.1 Å². The summed E-state index contributed by atoms with van der Waals surface area (Å²) in [5.41, 5.74) is 3.06. The highest BCUT2D eigenvalue weighted by atomic mass is 16.1. The molecule has 0 fully saturated rings. The van der Waals surface area contributed by atoms with Crippen molar-refractivity contribution in [3.63, 3.8) is 0 Å². The van der Waals surface area contributed by atoms with Gasteiger partial charge in [0, 0.05) is 19.0 Å². The van der Waals surface area contributed by atoms with E-state index < -0.39 is 0 Å². The van der Waals surface area contributed by atoms with Crippen LogP contribution in [0, 0.1) is 6.92 Å². The molecule has 0 unspecified atom stereocenters. The molecule has 0 spiro atoms.